The normalized spacial score (nSPS) is 18.6. The van der Waals surface area contributed by atoms with Crippen molar-refractivity contribution in [3.05, 3.63) is 38.0 Å². The van der Waals surface area contributed by atoms with Crippen LogP contribution in [-0.2, 0) is 13.0 Å². The van der Waals surface area contributed by atoms with E-state index in [9.17, 15) is 0 Å². The first-order valence-corrected chi connectivity index (χ1v) is 11.5. The fraction of sp³-hybridized carbons (Fsp3) is 0.600. The predicted molar refractivity (Wildman–Crippen MR) is 117 cm³/mol. The number of aromatic nitrogens is 1. The third kappa shape index (κ3) is 6.30. The van der Waals surface area contributed by atoms with Crippen molar-refractivity contribution in [3.63, 3.8) is 0 Å². The summed E-state index contributed by atoms with van der Waals surface area (Å²) in [7, 11) is 1.84. The van der Waals surface area contributed by atoms with Crippen molar-refractivity contribution in [1.29, 1.82) is 0 Å². The van der Waals surface area contributed by atoms with Gasteiger partial charge in [0, 0.05) is 49.4 Å². The molecule has 1 aliphatic heterocycles. The summed E-state index contributed by atoms with van der Waals surface area (Å²) in [6.45, 7) is 9.53. The molecule has 3 heterocycles. The molecule has 1 unspecified atom stereocenters. The molecule has 0 bridgehead atoms. The van der Waals surface area contributed by atoms with Crippen molar-refractivity contribution in [3.8, 4) is 0 Å². The third-order valence-electron chi connectivity index (χ3n) is 5.05. The van der Waals surface area contributed by atoms with Gasteiger partial charge in [-0.3, -0.25) is 9.89 Å². The molecule has 1 atom stereocenters. The number of hydrogen-bond donors (Lipinski definition) is 2. The molecule has 0 spiro atoms. The Hall–Kier alpha value is -1.44. The molecule has 148 valence electrons. The standard InChI is InChI=1S/C20H31N5S2/c1-15-16(2)27-19(24-15)8-9-22-20(21-3)23-12-17-6-4-10-25(13-17)14-18-7-5-11-26-18/h5,7,11,17H,4,6,8-10,12-14H2,1-3H3,(H2,21,22,23). The van der Waals surface area contributed by atoms with Gasteiger partial charge < -0.3 is 10.6 Å². The molecule has 0 aromatic carbocycles. The van der Waals surface area contributed by atoms with E-state index in [0.717, 1.165) is 37.7 Å². The number of thiophene rings is 1. The van der Waals surface area contributed by atoms with Gasteiger partial charge in [0.15, 0.2) is 5.96 Å². The Morgan fingerprint density at radius 3 is 2.96 bits per heavy atom. The van der Waals surface area contributed by atoms with Gasteiger partial charge in [0.25, 0.3) is 0 Å². The molecule has 3 rings (SSSR count). The van der Waals surface area contributed by atoms with Crippen LogP contribution >= 0.6 is 22.7 Å². The van der Waals surface area contributed by atoms with Crippen molar-refractivity contribution >= 4 is 28.6 Å². The highest BCUT2D eigenvalue weighted by Crippen LogP contribution is 2.20. The minimum Gasteiger partial charge on any atom is -0.356 e. The van der Waals surface area contributed by atoms with Gasteiger partial charge in [-0.1, -0.05) is 6.07 Å². The molecule has 2 aromatic rings. The molecular formula is C20H31N5S2. The first-order chi connectivity index (χ1) is 13.1. The zero-order valence-electron chi connectivity index (χ0n) is 16.6. The van der Waals surface area contributed by atoms with E-state index in [0.29, 0.717) is 5.92 Å². The van der Waals surface area contributed by atoms with Crippen LogP contribution in [0.3, 0.4) is 0 Å². The second kappa shape index (κ2) is 10.2. The van der Waals surface area contributed by atoms with E-state index < -0.39 is 0 Å². The Labute approximate surface area is 170 Å². The number of hydrogen-bond acceptors (Lipinski definition) is 5. The van der Waals surface area contributed by atoms with Crippen molar-refractivity contribution < 1.29 is 0 Å². The number of nitrogens with one attached hydrogen (secondary N) is 2. The molecule has 1 fully saturated rings. The third-order valence-corrected chi connectivity index (χ3v) is 7.04. The van der Waals surface area contributed by atoms with Gasteiger partial charge in [-0.15, -0.1) is 22.7 Å². The molecule has 0 amide bonds. The van der Waals surface area contributed by atoms with Crippen LogP contribution in [0, 0.1) is 19.8 Å². The molecule has 2 aromatic heterocycles. The zero-order chi connectivity index (χ0) is 19.1. The number of thiazole rings is 1. The molecule has 27 heavy (non-hydrogen) atoms. The lowest BCUT2D eigenvalue weighted by atomic mass is 9.98. The molecular weight excluding hydrogens is 374 g/mol. The quantitative estimate of drug-likeness (QED) is 0.547. The molecule has 7 heteroatoms. The summed E-state index contributed by atoms with van der Waals surface area (Å²) in [6, 6.07) is 4.39. The van der Waals surface area contributed by atoms with Crippen molar-refractivity contribution in [2.45, 2.75) is 39.7 Å². The Morgan fingerprint density at radius 2 is 2.26 bits per heavy atom. The predicted octanol–water partition coefficient (Wildman–Crippen LogP) is 3.44. The highest BCUT2D eigenvalue weighted by atomic mass is 32.1. The number of guanidine groups is 1. The fourth-order valence-corrected chi connectivity index (χ4v) is 5.16. The maximum atomic E-state index is 4.60. The summed E-state index contributed by atoms with van der Waals surface area (Å²) >= 11 is 3.65. The van der Waals surface area contributed by atoms with Crippen LogP contribution in [-0.4, -0.2) is 49.1 Å². The topological polar surface area (TPSA) is 52.6 Å². The van der Waals surface area contributed by atoms with Crippen LogP contribution in [0.25, 0.3) is 0 Å². The maximum absolute atomic E-state index is 4.60. The summed E-state index contributed by atoms with van der Waals surface area (Å²) in [5.41, 5.74) is 1.15. The number of aryl methyl sites for hydroxylation is 2. The first-order valence-electron chi connectivity index (χ1n) is 9.76. The summed E-state index contributed by atoms with van der Waals surface area (Å²) < 4.78 is 0. The lowest BCUT2D eigenvalue weighted by molar-refractivity contribution is 0.169. The molecule has 1 aliphatic rings. The molecule has 0 aliphatic carbocycles. The van der Waals surface area contributed by atoms with Gasteiger partial charge in [-0.2, -0.15) is 0 Å². The molecule has 0 saturated carbocycles. The number of nitrogens with zero attached hydrogens (tertiary/aromatic N) is 3. The van der Waals surface area contributed by atoms with E-state index in [1.165, 1.54) is 40.7 Å². The smallest absolute Gasteiger partial charge is 0.191 e. The van der Waals surface area contributed by atoms with Gasteiger partial charge in [0.1, 0.15) is 0 Å². The highest BCUT2D eigenvalue weighted by Gasteiger charge is 2.20. The first kappa shape index (κ1) is 20.3. The average Bonchev–Trinajstić information content (AvgIpc) is 3.28. The van der Waals surface area contributed by atoms with E-state index >= 15 is 0 Å². The van der Waals surface area contributed by atoms with Crippen molar-refractivity contribution in [2.75, 3.05) is 33.2 Å². The van der Waals surface area contributed by atoms with Crippen LogP contribution in [0.1, 0.15) is 33.3 Å². The van der Waals surface area contributed by atoms with Gasteiger partial charge >= 0.3 is 0 Å². The van der Waals surface area contributed by atoms with E-state index in [2.05, 4.69) is 56.9 Å². The molecule has 0 radical (unpaired) electrons. The zero-order valence-corrected chi connectivity index (χ0v) is 18.3. The Kier molecular flexibility index (Phi) is 7.67. The second-order valence-corrected chi connectivity index (χ2v) is 9.52. The van der Waals surface area contributed by atoms with Crippen LogP contribution in [0.5, 0.6) is 0 Å². The minimum atomic E-state index is 0.682. The monoisotopic (exact) mass is 405 g/mol. The number of piperidine rings is 1. The van der Waals surface area contributed by atoms with Gasteiger partial charge in [0.05, 0.1) is 10.7 Å². The van der Waals surface area contributed by atoms with E-state index in [1.54, 1.807) is 11.3 Å². The molecule has 5 nitrogen and oxygen atoms in total. The number of rotatable bonds is 7. The van der Waals surface area contributed by atoms with Crippen LogP contribution in [0.15, 0.2) is 22.5 Å². The van der Waals surface area contributed by atoms with Gasteiger partial charge in [0.2, 0.25) is 0 Å². The summed E-state index contributed by atoms with van der Waals surface area (Å²) in [5.74, 6) is 1.58. The second-order valence-electron chi connectivity index (χ2n) is 7.20. The van der Waals surface area contributed by atoms with Gasteiger partial charge in [-0.05, 0) is 50.6 Å². The minimum absolute atomic E-state index is 0.682. The SMILES string of the molecule is CN=C(NCCc1nc(C)c(C)s1)NCC1CCCN(Cc2cccs2)C1. The number of aliphatic imine (C=N–C) groups is 1. The lowest BCUT2D eigenvalue weighted by Crippen LogP contribution is -2.44. The van der Waals surface area contributed by atoms with Crippen LogP contribution in [0.4, 0.5) is 0 Å². The summed E-state index contributed by atoms with van der Waals surface area (Å²) in [6.07, 6.45) is 3.52. The van der Waals surface area contributed by atoms with Gasteiger partial charge in [-0.25, -0.2) is 4.98 Å². The average molecular weight is 406 g/mol. The Balaban J connectivity index is 1.38. The largest absolute Gasteiger partial charge is 0.356 e. The Morgan fingerprint density at radius 1 is 1.37 bits per heavy atom. The lowest BCUT2D eigenvalue weighted by Gasteiger charge is -2.32. The summed E-state index contributed by atoms with van der Waals surface area (Å²) in [5, 5.41) is 10.3. The van der Waals surface area contributed by atoms with Crippen molar-refractivity contribution in [2.24, 2.45) is 10.9 Å². The van der Waals surface area contributed by atoms with E-state index in [1.807, 2.05) is 18.4 Å². The van der Waals surface area contributed by atoms with Crippen LogP contribution < -0.4 is 10.6 Å². The van der Waals surface area contributed by atoms with E-state index in [4.69, 9.17) is 0 Å². The summed E-state index contributed by atoms with van der Waals surface area (Å²) in [4.78, 5) is 14.3. The highest BCUT2D eigenvalue weighted by molar-refractivity contribution is 7.11. The molecule has 1 saturated heterocycles. The van der Waals surface area contributed by atoms with E-state index in [-0.39, 0.29) is 0 Å². The molecule has 2 N–H and O–H groups in total. The van der Waals surface area contributed by atoms with Crippen LogP contribution in [0.2, 0.25) is 0 Å². The van der Waals surface area contributed by atoms with Crippen molar-refractivity contribution in [1.82, 2.24) is 20.5 Å². The number of likely N-dealkylation sites (tertiary alicyclic amines) is 1. The maximum Gasteiger partial charge on any atom is 0.191 e. The fourth-order valence-electron chi connectivity index (χ4n) is 3.48. The Bertz CT molecular complexity index is 703.